The Hall–Kier alpha value is -1.56. The Labute approximate surface area is 153 Å². The van der Waals surface area contributed by atoms with Crippen molar-refractivity contribution < 1.29 is 9.53 Å². The highest BCUT2D eigenvalue weighted by Gasteiger charge is 2.20. The van der Waals surface area contributed by atoms with E-state index in [1.54, 1.807) is 18.4 Å². The molecule has 0 bridgehead atoms. The molecule has 0 aliphatic carbocycles. The minimum absolute atomic E-state index is 0. The fourth-order valence-electron chi connectivity index (χ4n) is 2.79. The maximum absolute atomic E-state index is 12.2. The summed E-state index contributed by atoms with van der Waals surface area (Å²) in [7, 11) is 1.67. The summed E-state index contributed by atoms with van der Waals surface area (Å²) in [6, 6.07) is 12.2. The van der Waals surface area contributed by atoms with E-state index < -0.39 is 0 Å². The van der Waals surface area contributed by atoms with Crippen molar-refractivity contribution in [3.63, 3.8) is 0 Å². The van der Waals surface area contributed by atoms with Gasteiger partial charge in [0.1, 0.15) is 5.75 Å². The lowest BCUT2D eigenvalue weighted by molar-refractivity contribution is -0.125. The lowest BCUT2D eigenvalue weighted by Gasteiger charge is -2.21. The Morgan fingerprint density at radius 1 is 1.21 bits per heavy atom. The number of methoxy groups -OCH3 is 1. The highest BCUT2D eigenvalue weighted by atomic mass is 35.5. The predicted octanol–water partition coefficient (Wildman–Crippen LogP) is 3.46. The van der Waals surface area contributed by atoms with Gasteiger partial charge in [-0.25, -0.2) is 0 Å². The molecule has 1 amide bonds. The Bertz CT molecular complexity index is 651. The van der Waals surface area contributed by atoms with Gasteiger partial charge in [-0.1, -0.05) is 0 Å². The number of carbonyl (C=O) groups is 1. The molecule has 2 heterocycles. The van der Waals surface area contributed by atoms with E-state index >= 15 is 0 Å². The van der Waals surface area contributed by atoms with Gasteiger partial charge >= 0.3 is 0 Å². The van der Waals surface area contributed by atoms with E-state index in [9.17, 15) is 4.79 Å². The standard InChI is InChI=1S/C18H22N2O2S.ClH/c1-22-15-4-2-13(3-5-15)17-7-6-16(23-17)12-20-18(21)14-8-10-19-11-9-14;/h2-7,14,19H,8-12H2,1H3,(H,20,21);1H. The number of ether oxygens (including phenoxy) is 1. The van der Waals surface area contributed by atoms with E-state index in [2.05, 4.69) is 34.9 Å². The first-order valence-corrected chi connectivity index (χ1v) is 8.79. The molecule has 0 spiro atoms. The van der Waals surface area contributed by atoms with Gasteiger partial charge in [-0.05, 0) is 67.9 Å². The minimum Gasteiger partial charge on any atom is -0.497 e. The second-order valence-electron chi connectivity index (χ2n) is 5.74. The van der Waals surface area contributed by atoms with Gasteiger partial charge in [0.25, 0.3) is 0 Å². The van der Waals surface area contributed by atoms with Gasteiger partial charge in [0.05, 0.1) is 13.7 Å². The van der Waals surface area contributed by atoms with Crippen LogP contribution in [0.1, 0.15) is 17.7 Å². The molecule has 4 nitrogen and oxygen atoms in total. The molecule has 1 fully saturated rings. The molecule has 1 aliphatic heterocycles. The summed E-state index contributed by atoms with van der Waals surface area (Å²) in [5, 5.41) is 6.36. The van der Waals surface area contributed by atoms with Crippen LogP contribution >= 0.6 is 23.7 Å². The number of piperidine rings is 1. The summed E-state index contributed by atoms with van der Waals surface area (Å²) in [4.78, 5) is 14.6. The van der Waals surface area contributed by atoms with Crippen molar-refractivity contribution in [1.29, 1.82) is 0 Å². The molecule has 0 radical (unpaired) electrons. The summed E-state index contributed by atoms with van der Waals surface area (Å²) >= 11 is 1.72. The van der Waals surface area contributed by atoms with E-state index in [-0.39, 0.29) is 24.2 Å². The molecule has 24 heavy (non-hydrogen) atoms. The average Bonchev–Trinajstić information content (AvgIpc) is 3.09. The first-order valence-electron chi connectivity index (χ1n) is 7.98. The first-order chi connectivity index (χ1) is 11.3. The van der Waals surface area contributed by atoms with Crippen LogP contribution in [0.25, 0.3) is 10.4 Å². The first kappa shape index (κ1) is 18.8. The molecule has 1 aliphatic rings. The van der Waals surface area contributed by atoms with Gasteiger partial charge in [-0.2, -0.15) is 0 Å². The number of benzene rings is 1. The van der Waals surface area contributed by atoms with Crippen molar-refractivity contribution in [1.82, 2.24) is 10.6 Å². The highest BCUT2D eigenvalue weighted by molar-refractivity contribution is 7.15. The van der Waals surface area contributed by atoms with Gasteiger partial charge in [-0.3, -0.25) is 4.79 Å². The Balaban J connectivity index is 0.00000208. The molecule has 6 heteroatoms. The van der Waals surface area contributed by atoms with Gasteiger partial charge < -0.3 is 15.4 Å². The van der Waals surface area contributed by atoms with Crippen LogP contribution in [0.2, 0.25) is 0 Å². The molecule has 130 valence electrons. The molecule has 0 saturated carbocycles. The number of hydrogen-bond donors (Lipinski definition) is 2. The summed E-state index contributed by atoms with van der Waals surface area (Å²) in [6.07, 6.45) is 1.88. The van der Waals surface area contributed by atoms with Crippen LogP contribution in [0.5, 0.6) is 5.75 Å². The van der Waals surface area contributed by atoms with Crippen molar-refractivity contribution in [2.24, 2.45) is 5.92 Å². The van der Waals surface area contributed by atoms with Gasteiger partial charge in [0.2, 0.25) is 5.91 Å². The van der Waals surface area contributed by atoms with Crippen molar-refractivity contribution in [2.75, 3.05) is 20.2 Å². The molecule has 0 atom stereocenters. The van der Waals surface area contributed by atoms with Crippen molar-refractivity contribution in [2.45, 2.75) is 19.4 Å². The lowest BCUT2D eigenvalue weighted by Crippen LogP contribution is -2.37. The van der Waals surface area contributed by atoms with Crippen molar-refractivity contribution >= 4 is 29.7 Å². The van der Waals surface area contributed by atoms with Gasteiger partial charge in [-0.15, -0.1) is 23.7 Å². The normalized spacial score (nSPS) is 14.7. The predicted molar refractivity (Wildman–Crippen MR) is 101 cm³/mol. The van der Waals surface area contributed by atoms with Gasteiger partial charge in [0.15, 0.2) is 0 Å². The van der Waals surface area contributed by atoms with Crippen LogP contribution in [0.4, 0.5) is 0 Å². The Morgan fingerprint density at radius 2 is 1.92 bits per heavy atom. The topological polar surface area (TPSA) is 50.4 Å². The fourth-order valence-corrected chi connectivity index (χ4v) is 3.74. The number of hydrogen-bond acceptors (Lipinski definition) is 4. The molecule has 2 aromatic rings. The summed E-state index contributed by atoms with van der Waals surface area (Å²) in [6.45, 7) is 2.50. The van der Waals surface area contributed by atoms with E-state index in [4.69, 9.17) is 4.74 Å². The summed E-state index contributed by atoms with van der Waals surface area (Å²) in [5.41, 5.74) is 1.17. The van der Waals surface area contributed by atoms with E-state index in [1.807, 2.05) is 12.1 Å². The molecule has 0 unspecified atom stereocenters. The molecule has 1 saturated heterocycles. The quantitative estimate of drug-likeness (QED) is 0.852. The molecule has 1 aromatic carbocycles. The number of nitrogens with one attached hydrogen (secondary N) is 2. The number of thiophene rings is 1. The summed E-state index contributed by atoms with van der Waals surface area (Å²) in [5.74, 6) is 1.21. The monoisotopic (exact) mass is 366 g/mol. The zero-order chi connectivity index (χ0) is 16.1. The Morgan fingerprint density at radius 3 is 2.58 bits per heavy atom. The zero-order valence-electron chi connectivity index (χ0n) is 13.7. The SMILES string of the molecule is COc1ccc(-c2ccc(CNC(=O)C3CCNCC3)s2)cc1.Cl. The summed E-state index contributed by atoms with van der Waals surface area (Å²) < 4.78 is 5.18. The van der Waals surface area contributed by atoms with Crippen molar-refractivity contribution in [3.05, 3.63) is 41.3 Å². The van der Waals surface area contributed by atoms with Crippen LogP contribution in [0, 0.1) is 5.92 Å². The maximum atomic E-state index is 12.2. The van der Waals surface area contributed by atoms with E-state index in [0.717, 1.165) is 31.7 Å². The maximum Gasteiger partial charge on any atom is 0.223 e. The molecular formula is C18H23ClN2O2S. The average molecular weight is 367 g/mol. The highest BCUT2D eigenvalue weighted by Crippen LogP contribution is 2.29. The second kappa shape index (κ2) is 9.06. The number of carbonyl (C=O) groups excluding carboxylic acids is 1. The minimum atomic E-state index is 0. The van der Waals surface area contributed by atoms with E-state index in [0.29, 0.717) is 6.54 Å². The lowest BCUT2D eigenvalue weighted by atomic mass is 9.97. The smallest absolute Gasteiger partial charge is 0.223 e. The van der Waals surface area contributed by atoms with Gasteiger partial charge in [0, 0.05) is 15.7 Å². The third-order valence-electron chi connectivity index (χ3n) is 4.18. The van der Waals surface area contributed by atoms with Crippen LogP contribution in [-0.2, 0) is 11.3 Å². The second-order valence-corrected chi connectivity index (χ2v) is 6.90. The number of halogens is 1. The molecule has 3 rings (SSSR count). The van der Waals surface area contributed by atoms with E-state index in [1.165, 1.54) is 15.3 Å². The van der Waals surface area contributed by atoms with Crippen LogP contribution in [-0.4, -0.2) is 26.1 Å². The molecule has 2 N–H and O–H groups in total. The zero-order valence-corrected chi connectivity index (χ0v) is 15.3. The third kappa shape index (κ3) is 4.72. The largest absolute Gasteiger partial charge is 0.497 e. The third-order valence-corrected chi connectivity index (χ3v) is 5.32. The Kier molecular flexibility index (Phi) is 7.09. The van der Waals surface area contributed by atoms with Crippen LogP contribution < -0.4 is 15.4 Å². The number of amides is 1. The number of rotatable bonds is 5. The molecular weight excluding hydrogens is 344 g/mol. The van der Waals surface area contributed by atoms with Crippen molar-refractivity contribution in [3.8, 4) is 16.2 Å². The fraction of sp³-hybridized carbons (Fsp3) is 0.389. The van der Waals surface area contributed by atoms with Crippen LogP contribution in [0.15, 0.2) is 36.4 Å². The molecule has 1 aromatic heterocycles. The van der Waals surface area contributed by atoms with Crippen LogP contribution in [0.3, 0.4) is 0 Å².